The molecular weight excluding hydrogens is 284 g/mol. The fraction of sp³-hybridized carbons (Fsp3) is 0.765. The van der Waals surface area contributed by atoms with Crippen molar-refractivity contribution in [2.75, 3.05) is 13.2 Å². The lowest BCUT2D eigenvalue weighted by atomic mass is 9.95. The summed E-state index contributed by atoms with van der Waals surface area (Å²) in [5.41, 5.74) is 0. The standard InChI is InChI=1S/C17H28O5/c1-2-3-9-15(18)13-14(17(19)20)8-4-6-11-21-16-10-5-7-12-22-16/h2,14,16H,1,3-13H2,(H,19,20)/t14-,16?/m1/s1. The molecule has 1 N–H and O–H groups in total. The molecule has 126 valence electrons. The minimum Gasteiger partial charge on any atom is -0.481 e. The number of unbranched alkanes of at least 4 members (excludes halogenated alkanes) is 1. The van der Waals surface area contributed by atoms with Crippen LogP contribution in [0.2, 0.25) is 0 Å². The molecule has 1 aliphatic rings. The quantitative estimate of drug-likeness (QED) is 0.442. The first-order valence-corrected chi connectivity index (χ1v) is 8.22. The first-order valence-electron chi connectivity index (χ1n) is 8.22. The van der Waals surface area contributed by atoms with Gasteiger partial charge in [-0.05, 0) is 38.5 Å². The number of ketones is 1. The summed E-state index contributed by atoms with van der Waals surface area (Å²) in [6.07, 6.45) is 7.94. The molecule has 0 amide bonds. The van der Waals surface area contributed by atoms with Crippen LogP contribution in [0.15, 0.2) is 12.7 Å². The zero-order valence-electron chi connectivity index (χ0n) is 13.3. The molecule has 1 saturated heterocycles. The van der Waals surface area contributed by atoms with Gasteiger partial charge in [0.15, 0.2) is 6.29 Å². The van der Waals surface area contributed by atoms with Crippen molar-refractivity contribution in [2.24, 2.45) is 5.92 Å². The van der Waals surface area contributed by atoms with E-state index in [0.717, 1.165) is 38.7 Å². The van der Waals surface area contributed by atoms with E-state index >= 15 is 0 Å². The number of rotatable bonds is 12. The zero-order chi connectivity index (χ0) is 16.2. The Balaban J connectivity index is 2.13. The second kappa shape index (κ2) is 11.4. The molecule has 1 aliphatic heterocycles. The second-order valence-corrected chi connectivity index (χ2v) is 5.77. The van der Waals surface area contributed by atoms with Crippen LogP contribution in [0, 0.1) is 5.92 Å². The van der Waals surface area contributed by atoms with Gasteiger partial charge in [-0.1, -0.05) is 12.5 Å². The summed E-state index contributed by atoms with van der Waals surface area (Å²) in [5, 5.41) is 9.18. The third-order valence-corrected chi connectivity index (χ3v) is 3.84. The van der Waals surface area contributed by atoms with Crippen LogP contribution in [0.1, 0.15) is 57.8 Å². The maximum atomic E-state index is 11.7. The third kappa shape index (κ3) is 8.29. The van der Waals surface area contributed by atoms with Gasteiger partial charge in [0.2, 0.25) is 0 Å². The van der Waals surface area contributed by atoms with Gasteiger partial charge in [-0.15, -0.1) is 6.58 Å². The Morgan fingerprint density at radius 2 is 2.18 bits per heavy atom. The first kappa shape index (κ1) is 18.8. The predicted octanol–water partition coefficient (Wildman–Crippen LogP) is 3.33. The van der Waals surface area contributed by atoms with Crippen LogP contribution in [-0.2, 0) is 19.1 Å². The van der Waals surface area contributed by atoms with E-state index in [1.807, 2.05) is 0 Å². The number of hydrogen-bond acceptors (Lipinski definition) is 4. The summed E-state index contributed by atoms with van der Waals surface area (Å²) in [6.45, 7) is 4.91. The number of carboxylic acid groups (broad SMARTS) is 1. The van der Waals surface area contributed by atoms with E-state index in [1.54, 1.807) is 6.08 Å². The van der Waals surface area contributed by atoms with Crippen LogP contribution in [0.3, 0.4) is 0 Å². The van der Waals surface area contributed by atoms with Gasteiger partial charge in [0.05, 0.1) is 5.92 Å². The van der Waals surface area contributed by atoms with Crippen LogP contribution < -0.4 is 0 Å². The van der Waals surface area contributed by atoms with Gasteiger partial charge in [0.1, 0.15) is 5.78 Å². The van der Waals surface area contributed by atoms with Crippen molar-refractivity contribution >= 4 is 11.8 Å². The molecule has 0 spiro atoms. The Morgan fingerprint density at radius 1 is 1.36 bits per heavy atom. The number of hydrogen-bond donors (Lipinski definition) is 1. The van der Waals surface area contributed by atoms with Crippen molar-refractivity contribution in [1.82, 2.24) is 0 Å². The maximum Gasteiger partial charge on any atom is 0.306 e. The van der Waals surface area contributed by atoms with Gasteiger partial charge in [-0.3, -0.25) is 9.59 Å². The first-order chi connectivity index (χ1) is 10.6. The van der Waals surface area contributed by atoms with E-state index in [1.165, 1.54) is 0 Å². The van der Waals surface area contributed by atoms with Crippen LogP contribution >= 0.6 is 0 Å². The second-order valence-electron chi connectivity index (χ2n) is 5.77. The van der Waals surface area contributed by atoms with Crippen molar-refractivity contribution in [3.63, 3.8) is 0 Å². The van der Waals surface area contributed by atoms with Crippen LogP contribution in [-0.4, -0.2) is 36.4 Å². The molecule has 0 aromatic rings. The summed E-state index contributed by atoms with van der Waals surface area (Å²) in [7, 11) is 0. The van der Waals surface area contributed by atoms with E-state index in [2.05, 4.69) is 6.58 Å². The number of carbonyl (C=O) groups is 2. The van der Waals surface area contributed by atoms with E-state index < -0.39 is 11.9 Å². The number of Topliss-reactive ketones (excluding diaryl/α,β-unsaturated/α-hetero) is 1. The molecule has 5 heteroatoms. The van der Waals surface area contributed by atoms with Crippen molar-refractivity contribution in [2.45, 2.75) is 64.1 Å². The average molecular weight is 312 g/mol. The molecule has 1 fully saturated rings. The summed E-state index contributed by atoms with van der Waals surface area (Å²) in [5.74, 6) is -1.47. The Morgan fingerprint density at radius 3 is 2.82 bits per heavy atom. The zero-order valence-corrected chi connectivity index (χ0v) is 13.3. The minimum atomic E-state index is -0.886. The molecular formula is C17H28O5. The normalized spacial score (nSPS) is 19.5. The fourth-order valence-corrected chi connectivity index (χ4v) is 2.50. The summed E-state index contributed by atoms with van der Waals surface area (Å²) >= 11 is 0. The highest BCUT2D eigenvalue weighted by Gasteiger charge is 2.20. The highest BCUT2D eigenvalue weighted by atomic mass is 16.7. The number of carboxylic acids is 1. The van der Waals surface area contributed by atoms with E-state index in [4.69, 9.17) is 9.47 Å². The van der Waals surface area contributed by atoms with Crippen molar-refractivity contribution in [3.8, 4) is 0 Å². The van der Waals surface area contributed by atoms with Crippen molar-refractivity contribution in [3.05, 3.63) is 12.7 Å². The Bertz CT molecular complexity index is 347. The molecule has 1 heterocycles. The van der Waals surface area contributed by atoms with Crippen LogP contribution in [0.5, 0.6) is 0 Å². The number of aliphatic carboxylic acids is 1. The highest BCUT2D eigenvalue weighted by molar-refractivity contribution is 5.83. The fourth-order valence-electron chi connectivity index (χ4n) is 2.50. The van der Waals surface area contributed by atoms with Crippen molar-refractivity contribution in [1.29, 1.82) is 0 Å². The van der Waals surface area contributed by atoms with Gasteiger partial charge in [-0.25, -0.2) is 0 Å². The molecule has 0 saturated carbocycles. The highest BCUT2D eigenvalue weighted by Crippen LogP contribution is 2.17. The molecule has 0 aromatic heterocycles. The van der Waals surface area contributed by atoms with Gasteiger partial charge in [0.25, 0.3) is 0 Å². The van der Waals surface area contributed by atoms with Gasteiger partial charge in [-0.2, -0.15) is 0 Å². The maximum absolute atomic E-state index is 11.7. The topological polar surface area (TPSA) is 72.8 Å². The number of carbonyl (C=O) groups excluding carboxylic acids is 1. The summed E-state index contributed by atoms with van der Waals surface area (Å²) < 4.78 is 11.1. The van der Waals surface area contributed by atoms with E-state index in [-0.39, 0.29) is 18.5 Å². The molecule has 2 atom stereocenters. The monoisotopic (exact) mass is 312 g/mol. The van der Waals surface area contributed by atoms with Crippen LogP contribution in [0.4, 0.5) is 0 Å². The number of ether oxygens (including phenoxy) is 2. The number of allylic oxidation sites excluding steroid dienone is 1. The lowest BCUT2D eigenvalue weighted by Gasteiger charge is -2.22. The molecule has 0 radical (unpaired) electrons. The lowest BCUT2D eigenvalue weighted by Crippen LogP contribution is -2.23. The Labute approximate surface area is 132 Å². The smallest absolute Gasteiger partial charge is 0.306 e. The van der Waals surface area contributed by atoms with Crippen molar-refractivity contribution < 1.29 is 24.2 Å². The van der Waals surface area contributed by atoms with E-state index in [9.17, 15) is 14.7 Å². The Hall–Kier alpha value is -1.20. The van der Waals surface area contributed by atoms with Crippen LogP contribution in [0.25, 0.3) is 0 Å². The molecule has 5 nitrogen and oxygen atoms in total. The molecule has 0 aromatic carbocycles. The summed E-state index contributed by atoms with van der Waals surface area (Å²) in [4.78, 5) is 22.9. The summed E-state index contributed by atoms with van der Waals surface area (Å²) in [6, 6.07) is 0. The van der Waals surface area contributed by atoms with Gasteiger partial charge < -0.3 is 14.6 Å². The SMILES string of the molecule is C=CCCC(=O)C[C@@H](CCCCOC1CCCCO1)C(=O)O. The molecule has 1 unspecified atom stereocenters. The van der Waals surface area contributed by atoms with Gasteiger partial charge >= 0.3 is 5.97 Å². The molecule has 0 aliphatic carbocycles. The van der Waals surface area contributed by atoms with Gasteiger partial charge in [0, 0.05) is 26.1 Å². The molecule has 0 bridgehead atoms. The van der Waals surface area contributed by atoms with E-state index in [0.29, 0.717) is 25.9 Å². The minimum absolute atomic E-state index is 0.000782. The molecule has 22 heavy (non-hydrogen) atoms. The predicted molar refractivity (Wildman–Crippen MR) is 83.6 cm³/mol. The third-order valence-electron chi connectivity index (χ3n) is 3.84. The molecule has 1 rings (SSSR count). The average Bonchev–Trinajstić information content (AvgIpc) is 2.52. The lowest BCUT2D eigenvalue weighted by molar-refractivity contribution is -0.163. The largest absolute Gasteiger partial charge is 0.481 e. The Kier molecular flexibility index (Phi) is 9.75.